The fourth-order valence-electron chi connectivity index (χ4n) is 3.45. The molecule has 1 N–H and O–H groups in total. The Hall–Kier alpha value is -4.35. The number of nitro benzene ring substituents is 1. The third-order valence-electron chi connectivity index (χ3n) is 5.08. The number of ether oxygens (including phenoxy) is 2. The summed E-state index contributed by atoms with van der Waals surface area (Å²) in [5, 5.41) is 21.0. The van der Waals surface area contributed by atoms with Crippen LogP contribution in [0.25, 0.3) is 22.7 Å². The first kappa shape index (κ1) is 22.8. The van der Waals surface area contributed by atoms with Gasteiger partial charge in [0.15, 0.2) is 11.5 Å². The molecule has 170 valence electrons. The van der Waals surface area contributed by atoms with Crippen LogP contribution in [0.3, 0.4) is 0 Å². The fraction of sp³-hybridized carbons (Fsp3) is 0.120. The second kappa shape index (κ2) is 9.65. The number of nitrogens with one attached hydrogen (secondary N) is 1. The van der Waals surface area contributed by atoms with Gasteiger partial charge in [0.25, 0.3) is 5.69 Å². The highest BCUT2D eigenvalue weighted by molar-refractivity contribution is 6.32. The Labute approximate surface area is 200 Å². The molecule has 9 heteroatoms. The number of nitro groups is 1. The van der Waals surface area contributed by atoms with Crippen molar-refractivity contribution in [3.63, 3.8) is 0 Å². The van der Waals surface area contributed by atoms with Crippen LogP contribution in [0.5, 0.6) is 11.5 Å². The standard InChI is InChI=1S/C25H19ClN4O4/c1-15-6-7-21-22(8-15)29-25(28-21)18(13-27)9-17-11-20(26)24(23(12-17)33-2)34-14-16-4-3-5-19(10-16)30(31)32/h3-12H,14H2,1-2H3,(H,28,29). The van der Waals surface area contributed by atoms with Crippen LogP contribution in [-0.4, -0.2) is 22.0 Å². The molecule has 0 amide bonds. The van der Waals surface area contributed by atoms with Crippen LogP contribution in [0.4, 0.5) is 5.69 Å². The molecule has 0 bridgehead atoms. The molecule has 0 aliphatic heterocycles. The van der Waals surface area contributed by atoms with E-state index < -0.39 is 4.92 Å². The van der Waals surface area contributed by atoms with E-state index in [4.69, 9.17) is 21.1 Å². The topological polar surface area (TPSA) is 114 Å². The number of nitriles is 1. The lowest BCUT2D eigenvalue weighted by Crippen LogP contribution is -2.00. The molecule has 4 aromatic rings. The number of hydrogen-bond donors (Lipinski definition) is 1. The molecular formula is C25H19ClN4O4. The molecule has 0 saturated heterocycles. The molecule has 4 rings (SSSR count). The summed E-state index contributed by atoms with van der Waals surface area (Å²) < 4.78 is 11.3. The van der Waals surface area contributed by atoms with Crippen molar-refractivity contribution < 1.29 is 14.4 Å². The lowest BCUT2D eigenvalue weighted by Gasteiger charge is -2.13. The third-order valence-corrected chi connectivity index (χ3v) is 5.36. The van der Waals surface area contributed by atoms with Gasteiger partial charge < -0.3 is 14.5 Å². The van der Waals surface area contributed by atoms with Crippen molar-refractivity contribution in [3.8, 4) is 17.6 Å². The Morgan fingerprint density at radius 3 is 2.82 bits per heavy atom. The molecular weight excluding hydrogens is 456 g/mol. The van der Waals surface area contributed by atoms with Crippen LogP contribution in [-0.2, 0) is 6.61 Å². The van der Waals surface area contributed by atoms with Crippen molar-refractivity contribution in [3.05, 3.63) is 92.2 Å². The number of nitrogens with zero attached hydrogens (tertiary/aromatic N) is 3. The van der Waals surface area contributed by atoms with Crippen LogP contribution < -0.4 is 9.47 Å². The second-order valence-corrected chi connectivity index (χ2v) is 7.93. The number of imidazole rings is 1. The Morgan fingerprint density at radius 1 is 1.26 bits per heavy atom. The van der Waals surface area contributed by atoms with E-state index in [0.717, 1.165) is 16.6 Å². The monoisotopic (exact) mass is 474 g/mol. The van der Waals surface area contributed by atoms with E-state index in [0.29, 0.717) is 34.0 Å². The number of halogens is 1. The summed E-state index contributed by atoms with van der Waals surface area (Å²) in [6, 6.07) is 17.5. The Kier molecular flexibility index (Phi) is 6.48. The van der Waals surface area contributed by atoms with Crippen molar-refractivity contribution in [2.45, 2.75) is 13.5 Å². The Morgan fingerprint density at radius 2 is 2.09 bits per heavy atom. The minimum absolute atomic E-state index is 0.0237. The number of hydrogen-bond acceptors (Lipinski definition) is 6. The molecule has 0 unspecified atom stereocenters. The van der Waals surface area contributed by atoms with Gasteiger partial charge in [-0.2, -0.15) is 5.26 Å². The van der Waals surface area contributed by atoms with Gasteiger partial charge in [-0.15, -0.1) is 0 Å². The third kappa shape index (κ3) is 4.85. The van der Waals surface area contributed by atoms with Gasteiger partial charge in [0.1, 0.15) is 18.5 Å². The first-order valence-corrected chi connectivity index (χ1v) is 10.6. The zero-order valence-electron chi connectivity index (χ0n) is 18.3. The van der Waals surface area contributed by atoms with E-state index in [-0.39, 0.29) is 17.3 Å². The van der Waals surface area contributed by atoms with Gasteiger partial charge in [-0.25, -0.2) is 4.98 Å². The lowest BCUT2D eigenvalue weighted by molar-refractivity contribution is -0.384. The maximum Gasteiger partial charge on any atom is 0.269 e. The normalized spacial score (nSPS) is 11.3. The molecule has 1 aromatic heterocycles. The summed E-state index contributed by atoms with van der Waals surface area (Å²) in [5.74, 6) is 1.11. The molecule has 3 aromatic carbocycles. The predicted molar refractivity (Wildman–Crippen MR) is 130 cm³/mol. The molecule has 0 aliphatic carbocycles. The van der Waals surface area contributed by atoms with E-state index >= 15 is 0 Å². The van der Waals surface area contributed by atoms with Crippen molar-refractivity contribution in [1.29, 1.82) is 5.26 Å². The number of non-ortho nitro benzene ring substituents is 1. The SMILES string of the molecule is COc1cc(C=C(C#N)c2nc3ccc(C)cc3[nH]2)cc(Cl)c1OCc1cccc([N+](=O)[O-])c1. The number of H-pyrrole nitrogens is 1. The maximum atomic E-state index is 11.0. The molecule has 0 aliphatic rings. The molecule has 34 heavy (non-hydrogen) atoms. The summed E-state index contributed by atoms with van der Waals surface area (Å²) in [6.45, 7) is 2.05. The van der Waals surface area contributed by atoms with Crippen molar-refractivity contribution >= 4 is 40.0 Å². The molecule has 8 nitrogen and oxygen atoms in total. The lowest BCUT2D eigenvalue weighted by atomic mass is 10.1. The van der Waals surface area contributed by atoms with E-state index in [1.165, 1.54) is 19.2 Å². The van der Waals surface area contributed by atoms with Crippen molar-refractivity contribution in [2.24, 2.45) is 0 Å². The largest absolute Gasteiger partial charge is 0.493 e. The highest BCUT2D eigenvalue weighted by atomic mass is 35.5. The highest BCUT2D eigenvalue weighted by Gasteiger charge is 2.15. The first-order valence-electron chi connectivity index (χ1n) is 10.2. The smallest absolute Gasteiger partial charge is 0.269 e. The van der Waals surface area contributed by atoms with Gasteiger partial charge in [-0.05, 0) is 54.0 Å². The zero-order chi connectivity index (χ0) is 24.2. The summed E-state index contributed by atoms with van der Waals surface area (Å²) in [5.41, 5.74) is 4.24. The molecule has 0 atom stereocenters. The van der Waals surface area contributed by atoms with E-state index in [2.05, 4.69) is 16.0 Å². The van der Waals surface area contributed by atoms with Gasteiger partial charge in [0.2, 0.25) is 0 Å². The van der Waals surface area contributed by atoms with Gasteiger partial charge >= 0.3 is 0 Å². The van der Waals surface area contributed by atoms with Gasteiger partial charge in [-0.3, -0.25) is 10.1 Å². The van der Waals surface area contributed by atoms with Crippen molar-refractivity contribution in [2.75, 3.05) is 7.11 Å². The number of methoxy groups -OCH3 is 1. The summed E-state index contributed by atoms with van der Waals surface area (Å²) in [6.07, 6.45) is 1.66. The maximum absolute atomic E-state index is 11.0. The number of aromatic nitrogens is 2. The number of allylic oxidation sites excluding steroid dienone is 1. The quantitative estimate of drug-likeness (QED) is 0.197. The van der Waals surface area contributed by atoms with Crippen LogP contribution in [0.15, 0.2) is 54.6 Å². The van der Waals surface area contributed by atoms with E-state index in [9.17, 15) is 15.4 Å². The zero-order valence-corrected chi connectivity index (χ0v) is 19.1. The number of aromatic amines is 1. The number of fused-ring (bicyclic) bond motifs is 1. The van der Waals surface area contributed by atoms with Crippen LogP contribution >= 0.6 is 11.6 Å². The van der Waals surface area contributed by atoms with Gasteiger partial charge in [0, 0.05) is 12.1 Å². The Balaban J connectivity index is 1.62. The minimum atomic E-state index is -0.464. The van der Waals surface area contributed by atoms with Crippen LogP contribution in [0.1, 0.15) is 22.5 Å². The summed E-state index contributed by atoms with van der Waals surface area (Å²) in [7, 11) is 1.48. The van der Waals surface area contributed by atoms with E-state index in [1.54, 1.807) is 30.3 Å². The molecule has 0 radical (unpaired) electrons. The molecule has 0 saturated carbocycles. The minimum Gasteiger partial charge on any atom is -0.493 e. The number of rotatable bonds is 7. The fourth-order valence-corrected chi connectivity index (χ4v) is 3.72. The average Bonchev–Trinajstić information content (AvgIpc) is 3.24. The van der Waals surface area contributed by atoms with Gasteiger partial charge in [-0.1, -0.05) is 29.8 Å². The molecule has 0 spiro atoms. The van der Waals surface area contributed by atoms with Crippen LogP contribution in [0, 0.1) is 28.4 Å². The van der Waals surface area contributed by atoms with Crippen LogP contribution in [0.2, 0.25) is 5.02 Å². The molecule has 0 fully saturated rings. The van der Waals surface area contributed by atoms with Crippen molar-refractivity contribution in [1.82, 2.24) is 9.97 Å². The summed E-state index contributed by atoms with van der Waals surface area (Å²) >= 11 is 6.47. The highest BCUT2D eigenvalue weighted by Crippen LogP contribution is 2.38. The average molecular weight is 475 g/mol. The second-order valence-electron chi connectivity index (χ2n) is 7.53. The first-order chi connectivity index (χ1) is 16.4. The molecule has 1 heterocycles. The Bertz CT molecular complexity index is 1470. The number of benzene rings is 3. The van der Waals surface area contributed by atoms with E-state index in [1.807, 2.05) is 25.1 Å². The predicted octanol–water partition coefficient (Wildman–Crippen LogP) is 6.08. The summed E-state index contributed by atoms with van der Waals surface area (Å²) in [4.78, 5) is 18.2. The van der Waals surface area contributed by atoms with Gasteiger partial charge in [0.05, 0.1) is 33.7 Å². The number of aryl methyl sites for hydroxylation is 1.